The molecule has 0 saturated heterocycles. The van der Waals surface area contributed by atoms with E-state index in [4.69, 9.17) is 4.52 Å². The summed E-state index contributed by atoms with van der Waals surface area (Å²) in [6, 6.07) is 11.2. The summed E-state index contributed by atoms with van der Waals surface area (Å²) in [6.45, 7) is 3.55. The highest BCUT2D eigenvalue weighted by Gasteiger charge is 2.30. The van der Waals surface area contributed by atoms with E-state index in [2.05, 4.69) is 39.3 Å². The summed E-state index contributed by atoms with van der Waals surface area (Å²) in [7, 11) is 0. The molecule has 1 aliphatic carbocycles. The predicted octanol–water partition coefficient (Wildman–Crippen LogP) is 2.54. The van der Waals surface area contributed by atoms with Crippen LogP contribution in [0.3, 0.4) is 0 Å². The molecule has 1 heterocycles. The third-order valence-corrected chi connectivity index (χ3v) is 3.20. The molecule has 0 amide bonds. The van der Waals surface area contributed by atoms with Crippen molar-refractivity contribution in [2.24, 2.45) is 0 Å². The summed E-state index contributed by atoms with van der Waals surface area (Å²) in [4.78, 5) is 6.70. The lowest BCUT2D eigenvalue weighted by Crippen LogP contribution is -2.25. The first-order valence-electron chi connectivity index (χ1n) is 6.38. The first-order chi connectivity index (χ1) is 8.81. The van der Waals surface area contributed by atoms with Crippen LogP contribution in [0, 0.1) is 6.92 Å². The Balaban J connectivity index is 1.69. The molecule has 1 aromatic carbocycles. The smallest absolute Gasteiger partial charge is 0.240 e. The van der Waals surface area contributed by atoms with Crippen LogP contribution in [-0.2, 0) is 13.1 Å². The fourth-order valence-electron chi connectivity index (χ4n) is 2.15. The SMILES string of the molecule is Cc1noc(CN(Cc2ccccc2)C2CC2)n1. The Kier molecular flexibility index (Phi) is 3.11. The van der Waals surface area contributed by atoms with Gasteiger partial charge in [0.1, 0.15) is 0 Å². The van der Waals surface area contributed by atoms with Crippen LogP contribution < -0.4 is 0 Å². The summed E-state index contributed by atoms with van der Waals surface area (Å²) in [5.41, 5.74) is 1.33. The van der Waals surface area contributed by atoms with Crippen molar-refractivity contribution in [1.82, 2.24) is 15.0 Å². The van der Waals surface area contributed by atoms with E-state index < -0.39 is 0 Å². The molecule has 1 aliphatic rings. The number of hydrogen-bond acceptors (Lipinski definition) is 4. The summed E-state index contributed by atoms with van der Waals surface area (Å²) >= 11 is 0. The van der Waals surface area contributed by atoms with Crippen LogP contribution in [0.2, 0.25) is 0 Å². The normalized spacial score (nSPS) is 15.2. The minimum absolute atomic E-state index is 0.678. The number of rotatable bonds is 5. The molecule has 1 saturated carbocycles. The van der Waals surface area contributed by atoms with E-state index in [-0.39, 0.29) is 0 Å². The maximum atomic E-state index is 5.21. The first-order valence-corrected chi connectivity index (χ1v) is 6.38. The van der Waals surface area contributed by atoms with Gasteiger partial charge in [-0.05, 0) is 25.3 Å². The lowest BCUT2D eigenvalue weighted by atomic mass is 10.2. The van der Waals surface area contributed by atoms with Gasteiger partial charge in [-0.2, -0.15) is 4.98 Å². The Labute approximate surface area is 107 Å². The van der Waals surface area contributed by atoms with Crippen LogP contribution in [0.1, 0.15) is 30.1 Å². The van der Waals surface area contributed by atoms with E-state index in [9.17, 15) is 0 Å². The van der Waals surface area contributed by atoms with Crippen LogP contribution in [0.15, 0.2) is 34.9 Å². The topological polar surface area (TPSA) is 42.2 Å². The van der Waals surface area contributed by atoms with E-state index in [0.29, 0.717) is 11.9 Å². The van der Waals surface area contributed by atoms with E-state index in [1.54, 1.807) is 0 Å². The summed E-state index contributed by atoms with van der Waals surface area (Å²) in [5.74, 6) is 1.43. The minimum Gasteiger partial charge on any atom is -0.338 e. The fraction of sp³-hybridized carbons (Fsp3) is 0.429. The van der Waals surface area contributed by atoms with Crippen LogP contribution in [-0.4, -0.2) is 21.1 Å². The van der Waals surface area contributed by atoms with Gasteiger partial charge in [0, 0.05) is 12.6 Å². The molecule has 94 valence electrons. The van der Waals surface area contributed by atoms with Crippen LogP contribution in [0.5, 0.6) is 0 Å². The summed E-state index contributed by atoms with van der Waals surface area (Å²) in [5, 5.41) is 3.84. The Hall–Kier alpha value is -1.68. The fourth-order valence-corrected chi connectivity index (χ4v) is 2.15. The van der Waals surface area contributed by atoms with Gasteiger partial charge < -0.3 is 4.52 Å². The molecule has 0 radical (unpaired) electrons. The van der Waals surface area contributed by atoms with Crippen LogP contribution >= 0.6 is 0 Å². The second-order valence-electron chi connectivity index (χ2n) is 4.86. The number of hydrogen-bond donors (Lipinski definition) is 0. The van der Waals surface area contributed by atoms with Crippen molar-refractivity contribution < 1.29 is 4.52 Å². The Morgan fingerprint density at radius 1 is 1.22 bits per heavy atom. The standard InChI is InChI=1S/C14H17N3O/c1-11-15-14(18-16-11)10-17(13-7-8-13)9-12-5-3-2-4-6-12/h2-6,13H,7-10H2,1H3. The molecule has 0 aliphatic heterocycles. The van der Waals surface area contributed by atoms with E-state index in [1.165, 1.54) is 18.4 Å². The van der Waals surface area contributed by atoms with Crippen molar-refractivity contribution in [3.05, 3.63) is 47.6 Å². The Morgan fingerprint density at radius 2 is 2.00 bits per heavy atom. The highest BCUT2D eigenvalue weighted by molar-refractivity contribution is 5.15. The van der Waals surface area contributed by atoms with Gasteiger partial charge in [0.05, 0.1) is 6.54 Å². The number of aryl methyl sites for hydroxylation is 1. The molecule has 4 nitrogen and oxygen atoms in total. The van der Waals surface area contributed by atoms with E-state index >= 15 is 0 Å². The molecule has 2 aromatic rings. The maximum absolute atomic E-state index is 5.21. The zero-order valence-corrected chi connectivity index (χ0v) is 10.5. The predicted molar refractivity (Wildman–Crippen MR) is 67.7 cm³/mol. The molecular formula is C14H17N3O. The highest BCUT2D eigenvalue weighted by Crippen LogP contribution is 2.29. The molecule has 0 N–H and O–H groups in total. The van der Waals surface area contributed by atoms with Gasteiger partial charge in [-0.1, -0.05) is 35.5 Å². The monoisotopic (exact) mass is 243 g/mol. The molecule has 0 unspecified atom stereocenters. The molecule has 18 heavy (non-hydrogen) atoms. The van der Waals surface area contributed by atoms with Crippen LogP contribution in [0.4, 0.5) is 0 Å². The van der Waals surface area contributed by atoms with Gasteiger partial charge >= 0.3 is 0 Å². The minimum atomic E-state index is 0.678. The molecule has 0 bridgehead atoms. The average Bonchev–Trinajstić information content (AvgIpc) is 3.15. The molecule has 3 rings (SSSR count). The van der Waals surface area contributed by atoms with Crippen LogP contribution in [0.25, 0.3) is 0 Å². The number of aromatic nitrogens is 2. The van der Waals surface area contributed by atoms with Crippen molar-refractivity contribution in [2.75, 3.05) is 0 Å². The van der Waals surface area contributed by atoms with Gasteiger partial charge in [-0.15, -0.1) is 0 Å². The van der Waals surface area contributed by atoms with Crippen molar-refractivity contribution in [3.8, 4) is 0 Å². The van der Waals surface area contributed by atoms with Crippen molar-refractivity contribution in [1.29, 1.82) is 0 Å². The Morgan fingerprint density at radius 3 is 2.61 bits per heavy atom. The van der Waals surface area contributed by atoms with Crippen molar-refractivity contribution >= 4 is 0 Å². The largest absolute Gasteiger partial charge is 0.338 e. The van der Waals surface area contributed by atoms with Gasteiger partial charge in [-0.25, -0.2) is 0 Å². The maximum Gasteiger partial charge on any atom is 0.240 e. The number of benzene rings is 1. The molecule has 0 spiro atoms. The quantitative estimate of drug-likeness (QED) is 0.809. The summed E-state index contributed by atoms with van der Waals surface area (Å²) < 4.78 is 5.21. The van der Waals surface area contributed by atoms with Gasteiger partial charge in [0.15, 0.2) is 5.82 Å². The summed E-state index contributed by atoms with van der Waals surface area (Å²) in [6.07, 6.45) is 2.56. The highest BCUT2D eigenvalue weighted by atomic mass is 16.5. The second-order valence-corrected chi connectivity index (χ2v) is 4.86. The van der Waals surface area contributed by atoms with Gasteiger partial charge in [0.2, 0.25) is 5.89 Å². The first kappa shape index (κ1) is 11.4. The lowest BCUT2D eigenvalue weighted by molar-refractivity contribution is 0.209. The molecule has 1 aromatic heterocycles. The van der Waals surface area contributed by atoms with E-state index in [0.717, 1.165) is 19.0 Å². The lowest BCUT2D eigenvalue weighted by Gasteiger charge is -2.19. The van der Waals surface area contributed by atoms with E-state index in [1.807, 2.05) is 13.0 Å². The zero-order valence-electron chi connectivity index (χ0n) is 10.5. The molecule has 4 heteroatoms. The van der Waals surface area contributed by atoms with Crippen molar-refractivity contribution in [3.63, 3.8) is 0 Å². The third kappa shape index (κ3) is 2.76. The second kappa shape index (κ2) is 4.90. The molecular weight excluding hydrogens is 226 g/mol. The zero-order chi connectivity index (χ0) is 12.4. The van der Waals surface area contributed by atoms with Crippen molar-refractivity contribution in [2.45, 2.75) is 38.9 Å². The molecule has 0 atom stereocenters. The van der Waals surface area contributed by atoms with Gasteiger partial charge in [0.25, 0.3) is 0 Å². The number of nitrogens with zero attached hydrogens (tertiary/aromatic N) is 3. The van der Waals surface area contributed by atoms with Gasteiger partial charge in [-0.3, -0.25) is 4.90 Å². The Bertz CT molecular complexity index is 505. The average molecular weight is 243 g/mol. The third-order valence-electron chi connectivity index (χ3n) is 3.20. The molecule has 1 fully saturated rings.